The van der Waals surface area contributed by atoms with Gasteiger partial charge in [0, 0.05) is 31.0 Å². The molecule has 7 rings (SSSR count). The Bertz CT molecular complexity index is 1340. The van der Waals surface area contributed by atoms with Crippen molar-refractivity contribution in [2.75, 3.05) is 33.0 Å². The largest absolute Gasteiger partial charge is 0.493 e. The Hall–Kier alpha value is -3.06. The zero-order chi connectivity index (χ0) is 28.1. The molecule has 0 unspecified atom stereocenters. The van der Waals surface area contributed by atoms with Gasteiger partial charge in [-0.15, -0.1) is 0 Å². The van der Waals surface area contributed by atoms with Gasteiger partial charge in [-0.2, -0.15) is 0 Å². The van der Waals surface area contributed by atoms with Crippen LogP contribution < -0.4 is 14.2 Å². The zero-order valence-corrected chi connectivity index (χ0v) is 24.1. The molecule has 7 heteroatoms. The van der Waals surface area contributed by atoms with Crippen molar-refractivity contribution in [1.82, 2.24) is 4.90 Å². The number of likely N-dealkylation sites (tertiary alicyclic amines) is 1. The highest BCUT2D eigenvalue weighted by atomic mass is 19.1. The number of fused-ring (bicyclic) bond motifs is 3. The van der Waals surface area contributed by atoms with Gasteiger partial charge in [0.05, 0.1) is 12.5 Å². The minimum Gasteiger partial charge on any atom is -0.493 e. The lowest BCUT2D eigenvalue weighted by Crippen LogP contribution is -2.46. The first-order valence-electron chi connectivity index (χ1n) is 15.3. The number of allylic oxidation sites excluding steroid dienone is 2. The molecule has 2 saturated heterocycles. The number of nitrogens with zero attached hydrogens (tertiary/aromatic N) is 1. The molecule has 6 atom stereocenters. The fourth-order valence-corrected chi connectivity index (χ4v) is 8.36. The molecule has 6 nitrogen and oxygen atoms in total. The van der Waals surface area contributed by atoms with E-state index in [1.807, 2.05) is 30.3 Å². The summed E-state index contributed by atoms with van der Waals surface area (Å²) in [4.78, 5) is 15.7. The minimum atomic E-state index is -0.222. The van der Waals surface area contributed by atoms with Crippen molar-refractivity contribution >= 4 is 5.97 Å². The van der Waals surface area contributed by atoms with Crippen LogP contribution in [0.15, 0.2) is 53.6 Å². The fourth-order valence-electron chi connectivity index (χ4n) is 8.36. The first-order valence-corrected chi connectivity index (χ1v) is 15.3. The van der Waals surface area contributed by atoms with Gasteiger partial charge in [-0.3, -0.25) is 4.79 Å². The van der Waals surface area contributed by atoms with Gasteiger partial charge in [-0.05, 0) is 93.2 Å². The van der Waals surface area contributed by atoms with E-state index in [0.29, 0.717) is 12.4 Å². The number of carbonyl (C=O) groups excluding carboxylic acids is 1. The van der Waals surface area contributed by atoms with Gasteiger partial charge >= 0.3 is 5.97 Å². The lowest BCUT2D eigenvalue weighted by atomic mass is 9.59. The summed E-state index contributed by atoms with van der Waals surface area (Å²) in [6.45, 7) is 7.85. The summed E-state index contributed by atoms with van der Waals surface area (Å²) in [5.74, 6) is 2.53. The second kappa shape index (κ2) is 10.6. The van der Waals surface area contributed by atoms with Crippen LogP contribution in [0.3, 0.4) is 0 Å². The van der Waals surface area contributed by atoms with Crippen LogP contribution in [-0.4, -0.2) is 50.0 Å². The molecule has 3 heterocycles. The quantitative estimate of drug-likeness (QED) is 0.297. The van der Waals surface area contributed by atoms with Crippen LogP contribution >= 0.6 is 0 Å². The van der Waals surface area contributed by atoms with Crippen molar-refractivity contribution < 1.29 is 28.1 Å². The third-order valence-corrected chi connectivity index (χ3v) is 10.6. The van der Waals surface area contributed by atoms with E-state index in [1.54, 1.807) is 17.7 Å². The van der Waals surface area contributed by atoms with Gasteiger partial charge in [0.25, 0.3) is 0 Å². The molecule has 41 heavy (non-hydrogen) atoms. The summed E-state index contributed by atoms with van der Waals surface area (Å²) in [6.07, 6.45) is 6.54. The normalized spacial score (nSPS) is 32.9. The maximum atomic E-state index is 13.7. The maximum absolute atomic E-state index is 13.7. The van der Waals surface area contributed by atoms with E-state index in [0.717, 1.165) is 56.0 Å². The van der Waals surface area contributed by atoms with Crippen LogP contribution in [0.1, 0.15) is 63.9 Å². The predicted molar refractivity (Wildman–Crippen MR) is 152 cm³/mol. The van der Waals surface area contributed by atoms with Crippen molar-refractivity contribution in [3.8, 4) is 17.2 Å². The van der Waals surface area contributed by atoms with Crippen molar-refractivity contribution in [1.29, 1.82) is 0 Å². The maximum Gasteiger partial charge on any atom is 0.310 e. The Morgan fingerprint density at radius 1 is 1.12 bits per heavy atom. The zero-order valence-electron chi connectivity index (χ0n) is 24.1. The standard InChI is InChI=1S/C34H40FNO5/c1-21-4-3-12-34(2)16-32-27(15-29(21)34)28(33(37)41-32)18-36-13-11-26(22-5-7-24(35)8-6-22)23(17-36)19-38-25-9-10-30-31(14-25)40-20-39-30/h5-10,14,23,26-28,32H,3-4,11-13,15-20H2,1-2H3/t23-,26+,27-,28+,32-,34-/m1/s1. The highest BCUT2D eigenvalue weighted by molar-refractivity contribution is 5.76. The van der Waals surface area contributed by atoms with E-state index in [4.69, 9.17) is 18.9 Å². The van der Waals surface area contributed by atoms with Gasteiger partial charge in [0.1, 0.15) is 17.7 Å². The highest BCUT2D eigenvalue weighted by Gasteiger charge is 2.53. The molecule has 3 aliphatic heterocycles. The van der Waals surface area contributed by atoms with Gasteiger partial charge in [-0.1, -0.05) is 30.2 Å². The van der Waals surface area contributed by atoms with E-state index in [2.05, 4.69) is 18.7 Å². The Labute approximate surface area is 241 Å². The molecule has 2 aliphatic carbocycles. The van der Waals surface area contributed by atoms with Gasteiger partial charge in [-0.25, -0.2) is 4.39 Å². The summed E-state index contributed by atoms with van der Waals surface area (Å²) in [5.41, 5.74) is 4.45. The second-order valence-corrected chi connectivity index (χ2v) is 13.1. The average Bonchev–Trinajstić information content (AvgIpc) is 3.54. The number of benzene rings is 2. The van der Waals surface area contributed by atoms with E-state index < -0.39 is 0 Å². The molecule has 5 aliphatic rings. The monoisotopic (exact) mass is 561 g/mol. The lowest BCUT2D eigenvalue weighted by Gasteiger charge is -2.46. The van der Waals surface area contributed by atoms with E-state index in [-0.39, 0.29) is 53.8 Å². The van der Waals surface area contributed by atoms with E-state index in [1.165, 1.54) is 24.8 Å². The predicted octanol–water partition coefficient (Wildman–Crippen LogP) is 6.50. The third-order valence-electron chi connectivity index (χ3n) is 10.6. The summed E-state index contributed by atoms with van der Waals surface area (Å²) >= 11 is 0. The van der Waals surface area contributed by atoms with Crippen molar-refractivity contribution in [2.45, 2.75) is 64.4 Å². The minimum absolute atomic E-state index is 0.0192. The molecule has 0 N–H and O–H groups in total. The molecule has 3 fully saturated rings. The SMILES string of the molecule is CC1=C2C[C@@H]3[C@H](CN4CC[C@@H](c5ccc(F)cc5)[C@@H](COc5ccc6c(c5)OCO6)C4)C(=O)O[C@@H]3C[C@@]2(C)CCC1. The number of hydrogen-bond acceptors (Lipinski definition) is 6. The summed E-state index contributed by atoms with van der Waals surface area (Å²) < 4.78 is 37.1. The number of hydrogen-bond donors (Lipinski definition) is 0. The van der Waals surface area contributed by atoms with Crippen molar-refractivity contribution in [3.05, 3.63) is 65.0 Å². The number of piperidine rings is 1. The second-order valence-electron chi connectivity index (χ2n) is 13.1. The molecular weight excluding hydrogens is 521 g/mol. The molecule has 218 valence electrons. The van der Waals surface area contributed by atoms with Crippen LogP contribution in [0, 0.1) is 29.0 Å². The van der Waals surface area contributed by atoms with Gasteiger partial charge in [0.15, 0.2) is 11.5 Å². The Balaban J connectivity index is 1.07. The molecule has 0 spiro atoms. The number of esters is 1. The van der Waals surface area contributed by atoms with E-state index >= 15 is 0 Å². The fraction of sp³-hybridized carbons (Fsp3) is 0.559. The smallest absolute Gasteiger partial charge is 0.310 e. The van der Waals surface area contributed by atoms with Crippen LogP contribution in [0.2, 0.25) is 0 Å². The van der Waals surface area contributed by atoms with Crippen LogP contribution in [0.5, 0.6) is 17.2 Å². The Morgan fingerprint density at radius 2 is 1.95 bits per heavy atom. The highest BCUT2D eigenvalue weighted by Crippen LogP contribution is 2.55. The molecule has 2 aromatic carbocycles. The molecule has 0 amide bonds. The first kappa shape index (κ1) is 26.8. The number of rotatable bonds is 6. The molecule has 1 saturated carbocycles. The molecule has 0 radical (unpaired) electrons. The number of ether oxygens (including phenoxy) is 4. The average molecular weight is 562 g/mol. The van der Waals surface area contributed by atoms with Crippen LogP contribution in [0.25, 0.3) is 0 Å². The first-order chi connectivity index (χ1) is 19.9. The topological polar surface area (TPSA) is 57.2 Å². The van der Waals surface area contributed by atoms with Gasteiger partial charge in [0.2, 0.25) is 6.79 Å². The molecular formula is C34H40FNO5. The number of carbonyl (C=O) groups is 1. The third kappa shape index (κ3) is 5.11. The summed E-state index contributed by atoms with van der Waals surface area (Å²) in [6, 6.07) is 12.6. The van der Waals surface area contributed by atoms with Crippen molar-refractivity contribution in [2.24, 2.45) is 23.2 Å². The lowest BCUT2D eigenvalue weighted by molar-refractivity contribution is -0.145. The molecule has 0 aromatic heterocycles. The molecule has 2 aromatic rings. The summed E-state index contributed by atoms with van der Waals surface area (Å²) in [5, 5.41) is 0. The summed E-state index contributed by atoms with van der Waals surface area (Å²) in [7, 11) is 0. The van der Waals surface area contributed by atoms with Crippen molar-refractivity contribution in [3.63, 3.8) is 0 Å². The van der Waals surface area contributed by atoms with Crippen LogP contribution in [-0.2, 0) is 9.53 Å². The Kier molecular flexibility index (Phi) is 6.96. The van der Waals surface area contributed by atoms with E-state index in [9.17, 15) is 9.18 Å². The van der Waals surface area contributed by atoms with Gasteiger partial charge < -0.3 is 23.8 Å². The van der Waals surface area contributed by atoms with Crippen LogP contribution in [0.4, 0.5) is 4.39 Å². The molecule has 0 bridgehead atoms. The Morgan fingerprint density at radius 3 is 2.80 bits per heavy atom. The number of halogens is 1.